The summed E-state index contributed by atoms with van der Waals surface area (Å²) in [5.41, 5.74) is 1.28. The standard InChI is InChI=1S/C20H22FN5O4S/c1-12-11-22-18-10-16(23-26(18)19(12)27)17-5-3-4-8-25(17)20(28)14-9-13(21)6-7-15(14)24-31(2,29)30/h6-7,9-11,17,23-24H,3-5,8H2,1-2H3. The van der Waals surface area contributed by atoms with Crippen LogP contribution in [0.2, 0.25) is 0 Å². The number of nitrogens with zero attached hydrogens (tertiary/aromatic N) is 3. The molecule has 2 aromatic heterocycles. The zero-order valence-corrected chi connectivity index (χ0v) is 17.9. The third kappa shape index (κ3) is 4.18. The van der Waals surface area contributed by atoms with Gasteiger partial charge in [-0.1, -0.05) is 0 Å². The van der Waals surface area contributed by atoms with Crippen LogP contribution in [-0.2, 0) is 10.0 Å². The van der Waals surface area contributed by atoms with Crippen molar-refractivity contribution in [2.75, 3.05) is 17.5 Å². The monoisotopic (exact) mass is 447 g/mol. The minimum Gasteiger partial charge on any atom is -0.330 e. The Labute approximate surface area is 177 Å². The Bertz CT molecular complexity index is 1330. The Morgan fingerprint density at radius 2 is 2.06 bits per heavy atom. The molecule has 3 heterocycles. The summed E-state index contributed by atoms with van der Waals surface area (Å²) in [5, 5.41) is 3.04. The minimum absolute atomic E-state index is 0.0170. The number of carbonyl (C=O) groups excluding carboxylic acids is 1. The maximum Gasteiger partial charge on any atom is 0.275 e. The highest BCUT2D eigenvalue weighted by molar-refractivity contribution is 7.92. The number of halogens is 1. The van der Waals surface area contributed by atoms with Gasteiger partial charge in [0.25, 0.3) is 11.5 Å². The molecule has 0 bridgehead atoms. The van der Waals surface area contributed by atoms with Crippen molar-refractivity contribution < 1.29 is 17.6 Å². The first-order chi connectivity index (χ1) is 14.6. The number of sulfonamides is 1. The summed E-state index contributed by atoms with van der Waals surface area (Å²) >= 11 is 0. The third-order valence-corrected chi connectivity index (χ3v) is 5.91. The van der Waals surface area contributed by atoms with Crippen LogP contribution in [0.1, 0.15) is 46.9 Å². The number of fused-ring (bicyclic) bond motifs is 1. The molecule has 31 heavy (non-hydrogen) atoms. The zero-order chi connectivity index (χ0) is 22.3. The van der Waals surface area contributed by atoms with Crippen LogP contribution in [0.5, 0.6) is 0 Å². The molecule has 0 spiro atoms. The third-order valence-electron chi connectivity index (χ3n) is 5.32. The van der Waals surface area contributed by atoms with Crippen LogP contribution in [0.3, 0.4) is 0 Å². The summed E-state index contributed by atoms with van der Waals surface area (Å²) in [5.74, 6) is -1.14. The van der Waals surface area contributed by atoms with E-state index in [0.717, 1.165) is 31.2 Å². The first kappa shape index (κ1) is 21.0. The average Bonchev–Trinajstić information content (AvgIpc) is 3.15. The number of aromatic nitrogens is 3. The van der Waals surface area contributed by atoms with Crippen molar-refractivity contribution in [1.82, 2.24) is 19.5 Å². The van der Waals surface area contributed by atoms with E-state index in [-0.39, 0.29) is 16.8 Å². The van der Waals surface area contributed by atoms with Crippen LogP contribution in [0.25, 0.3) is 5.65 Å². The molecule has 1 amide bonds. The van der Waals surface area contributed by atoms with E-state index < -0.39 is 27.8 Å². The number of H-pyrrole nitrogens is 1. The number of carbonyl (C=O) groups is 1. The van der Waals surface area contributed by atoms with E-state index >= 15 is 0 Å². The van der Waals surface area contributed by atoms with Gasteiger partial charge >= 0.3 is 0 Å². The normalized spacial score (nSPS) is 17.1. The molecule has 1 unspecified atom stereocenters. The van der Waals surface area contributed by atoms with Gasteiger partial charge in [-0.2, -0.15) is 0 Å². The topological polar surface area (TPSA) is 117 Å². The summed E-state index contributed by atoms with van der Waals surface area (Å²) in [6, 6.07) is 4.69. The van der Waals surface area contributed by atoms with Crippen LogP contribution < -0.4 is 10.3 Å². The molecule has 164 valence electrons. The van der Waals surface area contributed by atoms with Gasteiger partial charge in [-0.3, -0.25) is 19.4 Å². The molecule has 1 atom stereocenters. The second-order valence-electron chi connectivity index (χ2n) is 7.73. The number of amides is 1. The molecule has 11 heteroatoms. The number of hydrogen-bond donors (Lipinski definition) is 2. The van der Waals surface area contributed by atoms with E-state index in [1.165, 1.54) is 16.8 Å². The Balaban J connectivity index is 1.75. The molecule has 1 aromatic carbocycles. The second kappa shape index (κ2) is 7.80. The number of likely N-dealkylation sites (tertiary alicyclic amines) is 1. The molecule has 1 saturated heterocycles. The van der Waals surface area contributed by atoms with Gasteiger partial charge in [-0.25, -0.2) is 22.3 Å². The average molecular weight is 447 g/mol. The molecule has 0 radical (unpaired) electrons. The SMILES string of the molecule is Cc1cnc2cc(C3CCCCN3C(=O)c3cc(F)ccc3NS(C)(=O)=O)[nH]n2c1=O. The summed E-state index contributed by atoms with van der Waals surface area (Å²) in [6.07, 6.45) is 4.71. The number of nitrogens with one attached hydrogen (secondary N) is 2. The van der Waals surface area contributed by atoms with Gasteiger partial charge < -0.3 is 4.90 Å². The maximum absolute atomic E-state index is 13.9. The molecule has 0 saturated carbocycles. The van der Waals surface area contributed by atoms with Crippen LogP contribution in [0.4, 0.5) is 10.1 Å². The zero-order valence-electron chi connectivity index (χ0n) is 17.1. The van der Waals surface area contributed by atoms with E-state index in [0.29, 0.717) is 29.9 Å². The molecule has 1 aliphatic rings. The molecular formula is C20H22FN5O4S. The van der Waals surface area contributed by atoms with Crippen molar-refractivity contribution in [3.05, 3.63) is 63.5 Å². The molecule has 9 nitrogen and oxygen atoms in total. The number of anilines is 1. The Hall–Kier alpha value is -3.21. The number of hydrogen-bond acceptors (Lipinski definition) is 5. The lowest BCUT2D eigenvalue weighted by Gasteiger charge is -2.35. The number of benzene rings is 1. The van der Waals surface area contributed by atoms with E-state index in [9.17, 15) is 22.4 Å². The first-order valence-electron chi connectivity index (χ1n) is 9.79. The molecule has 1 aliphatic heterocycles. The van der Waals surface area contributed by atoms with E-state index in [4.69, 9.17) is 0 Å². The summed E-state index contributed by atoms with van der Waals surface area (Å²) in [7, 11) is -3.66. The van der Waals surface area contributed by atoms with Crippen molar-refractivity contribution in [1.29, 1.82) is 0 Å². The van der Waals surface area contributed by atoms with Crippen molar-refractivity contribution in [3.63, 3.8) is 0 Å². The fraction of sp³-hybridized carbons (Fsp3) is 0.350. The summed E-state index contributed by atoms with van der Waals surface area (Å²) in [4.78, 5) is 31.6. The maximum atomic E-state index is 13.9. The van der Waals surface area contributed by atoms with Crippen molar-refractivity contribution in [2.24, 2.45) is 0 Å². The van der Waals surface area contributed by atoms with Crippen molar-refractivity contribution >= 4 is 27.3 Å². The highest BCUT2D eigenvalue weighted by Crippen LogP contribution is 2.33. The number of rotatable bonds is 4. The smallest absolute Gasteiger partial charge is 0.275 e. The quantitative estimate of drug-likeness (QED) is 0.636. The van der Waals surface area contributed by atoms with Gasteiger partial charge in [0.15, 0.2) is 5.65 Å². The van der Waals surface area contributed by atoms with E-state index in [2.05, 4.69) is 14.8 Å². The van der Waals surface area contributed by atoms with Crippen LogP contribution >= 0.6 is 0 Å². The van der Waals surface area contributed by atoms with E-state index in [1.54, 1.807) is 17.9 Å². The number of piperidine rings is 1. The largest absolute Gasteiger partial charge is 0.330 e. The Morgan fingerprint density at radius 3 is 2.81 bits per heavy atom. The van der Waals surface area contributed by atoms with Gasteiger partial charge in [0.05, 0.1) is 29.2 Å². The molecule has 3 aromatic rings. The molecule has 2 N–H and O–H groups in total. The number of aromatic amines is 1. The molecule has 4 rings (SSSR count). The molecule has 1 fully saturated rings. The van der Waals surface area contributed by atoms with Crippen LogP contribution in [-0.4, -0.2) is 46.6 Å². The second-order valence-corrected chi connectivity index (χ2v) is 9.47. The van der Waals surface area contributed by atoms with Gasteiger partial charge in [0.1, 0.15) is 5.82 Å². The van der Waals surface area contributed by atoms with Crippen LogP contribution in [0, 0.1) is 12.7 Å². The lowest BCUT2D eigenvalue weighted by Crippen LogP contribution is -2.39. The summed E-state index contributed by atoms with van der Waals surface area (Å²) < 4.78 is 41.0. The predicted octanol–water partition coefficient (Wildman–Crippen LogP) is 2.21. The number of aryl methyl sites for hydroxylation is 1. The highest BCUT2D eigenvalue weighted by atomic mass is 32.2. The summed E-state index contributed by atoms with van der Waals surface area (Å²) in [6.45, 7) is 2.08. The van der Waals surface area contributed by atoms with Gasteiger partial charge in [0, 0.05) is 24.4 Å². The lowest BCUT2D eigenvalue weighted by molar-refractivity contribution is 0.0606. The molecule has 0 aliphatic carbocycles. The Morgan fingerprint density at radius 1 is 1.29 bits per heavy atom. The van der Waals surface area contributed by atoms with Gasteiger partial charge in [0.2, 0.25) is 10.0 Å². The van der Waals surface area contributed by atoms with E-state index in [1.807, 2.05) is 0 Å². The van der Waals surface area contributed by atoms with Crippen molar-refractivity contribution in [3.8, 4) is 0 Å². The highest BCUT2D eigenvalue weighted by Gasteiger charge is 2.32. The molecular weight excluding hydrogens is 425 g/mol. The van der Waals surface area contributed by atoms with Crippen LogP contribution in [0.15, 0.2) is 35.3 Å². The van der Waals surface area contributed by atoms with Crippen molar-refractivity contribution in [2.45, 2.75) is 32.2 Å². The van der Waals surface area contributed by atoms with Gasteiger partial charge in [-0.05, 0) is 44.4 Å². The fourth-order valence-corrected chi connectivity index (χ4v) is 4.45. The minimum atomic E-state index is -3.66. The fourth-order valence-electron chi connectivity index (χ4n) is 3.87. The Kier molecular flexibility index (Phi) is 5.29. The lowest BCUT2D eigenvalue weighted by atomic mass is 9.98. The predicted molar refractivity (Wildman–Crippen MR) is 113 cm³/mol. The first-order valence-corrected chi connectivity index (χ1v) is 11.7. The van der Waals surface area contributed by atoms with Gasteiger partial charge in [-0.15, -0.1) is 0 Å².